The van der Waals surface area contributed by atoms with Crippen LogP contribution in [0.3, 0.4) is 0 Å². The van der Waals surface area contributed by atoms with Crippen molar-refractivity contribution in [2.45, 2.75) is 25.7 Å². The second-order valence-corrected chi connectivity index (χ2v) is 8.23. The number of rotatable bonds is 6. The van der Waals surface area contributed by atoms with E-state index in [0.29, 0.717) is 6.54 Å². The fourth-order valence-corrected chi connectivity index (χ4v) is 3.86. The van der Waals surface area contributed by atoms with Gasteiger partial charge >= 0.3 is 0 Å². The van der Waals surface area contributed by atoms with Crippen LogP contribution >= 0.6 is 0 Å². The minimum atomic E-state index is -0.200. The first kappa shape index (κ1) is 21.1. The SMILES string of the molecule is Cc1ccc(NC(=O)CN(C)C(=O)CN2CCC(c3nc4ccccc4o3)CC2)cc1. The highest BCUT2D eigenvalue weighted by atomic mass is 16.3. The van der Waals surface area contributed by atoms with Gasteiger partial charge in [0.05, 0.1) is 13.1 Å². The van der Waals surface area contributed by atoms with E-state index in [0.717, 1.165) is 54.2 Å². The number of hydrogen-bond donors (Lipinski definition) is 1. The molecule has 1 aliphatic rings. The van der Waals surface area contributed by atoms with Crippen LogP contribution in [0.2, 0.25) is 0 Å². The van der Waals surface area contributed by atoms with Gasteiger partial charge in [0.1, 0.15) is 5.52 Å². The van der Waals surface area contributed by atoms with Crippen LogP contribution in [-0.4, -0.2) is 59.8 Å². The van der Waals surface area contributed by atoms with Crippen molar-refractivity contribution in [3.8, 4) is 0 Å². The second kappa shape index (κ2) is 9.31. The maximum Gasteiger partial charge on any atom is 0.243 e. The van der Waals surface area contributed by atoms with Crippen molar-refractivity contribution in [2.24, 2.45) is 0 Å². The van der Waals surface area contributed by atoms with Crippen LogP contribution in [0, 0.1) is 6.92 Å². The predicted molar refractivity (Wildman–Crippen MR) is 120 cm³/mol. The van der Waals surface area contributed by atoms with Crippen LogP contribution in [0.1, 0.15) is 30.2 Å². The van der Waals surface area contributed by atoms with E-state index in [-0.39, 0.29) is 24.3 Å². The molecule has 0 unspecified atom stereocenters. The van der Waals surface area contributed by atoms with Crippen molar-refractivity contribution in [1.82, 2.24) is 14.8 Å². The largest absolute Gasteiger partial charge is 0.440 e. The van der Waals surface area contributed by atoms with E-state index in [1.54, 1.807) is 7.05 Å². The molecular formula is C24H28N4O3. The normalized spacial score (nSPS) is 15.2. The topological polar surface area (TPSA) is 78.7 Å². The molecule has 7 nitrogen and oxygen atoms in total. The molecule has 0 atom stereocenters. The van der Waals surface area contributed by atoms with Gasteiger partial charge in [-0.1, -0.05) is 29.8 Å². The minimum absolute atomic E-state index is 0.0338. The van der Waals surface area contributed by atoms with Crippen LogP contribution in [0.5, 0.6) is 0 Å². The summed E-state index contributed by atoms with van der Waals surface area (Å²) in [7, 11) is 1.67. The minimum Gasteiger partial charge on any atom is -0.440 e. The first-order valence-corrected chi connectivity index (χ1v) is 10.7. The van der Waals surface area contributed by atoms with Gasteiger partial charge in [-0.3, -0.25) is 14.5 Å². The van der Waals surface area contributed by atoms with Crippen molar-refractivity contribution >= 4 is 28.6 Å². The number of oxazole rings is 1. The third-order valence-electron chi connectivity index (χ3n) is 5.75. The Morgan fingerprint density at radius 2 is 1.84 bits per heavy atom. The van der Waals surface area contributed by atoms with Crippen LogP contribution in [-0.2, 0) is 9.59 Å². The zero-order valence-corrected chi connectivity index (χ0v) is 18.0. The molecule has 2 aromatic carbocycles. The molecule has 162 valence electrons. The lowest BCUT2D eigenvalue weighted by Gasteiger charge is -2.31. The number of carbonyl (C=O) groups is 2. The van der Waals surface area contributed by atoms with Gasteiger partial charge in [-0.25, -0.2) is 4.98 Å². The van der Waals surface area contributed by atoms with Gasteiger partial charge in [-0.05, 0) is 57.1 Å². The van der Waals surface area contributed by atoms with Crippen LogP contribution in [0.15, 0.2) is 52.9 Å². The van der Waals surface area contributed by atoms with Crippen LogP contribution in [0.25, 0.3) is 11.1 Å². The number of anilines is 1. The summed E-state index contributed by atoms with van der Waals surface area (Å²) in [6.07, 6.45) is 1.80. The number of likely N-dealkylation sites (N-methyl/N-ethyl adjacent to an activating group) is 1. The molecule has 0 aliphatic carbocycles. The maximum absolute atomic E-state index is 12.6. The Bertz CT molecular complexity index is 1020. The fraction of sp³-hybridized carbons (Fsp3) is 0.375. The number of aryl methyl sites for hydroxylation is 1. The van der Waals surface area contributed by atoms with E-state index in [2.05, 4.69) is 15.2 Å². The van der Waals surface area contributed by atoms with Gasteiger partial charge in [0.15, 0.2) is 11.5 Å². The summed E-state index contributed by atoms with van der Waals surface area (Å²) >= 11 is 0. The lowest BCUT2D eigenvalue weighted by Crippen LogP contribution is -2.44. The highest BCUT2D eigenvalue weighted by Crippen LogP contribution is 2.29. The van der Waals surface area contributed by atoms with Gasteiger partial charge in [-0.2, -0.15) is 0 Å². The van der Waals surface area contributed by atoms with Crippen molar-refractivity contribution in [3.63, 3.8) is 0 Å². The predicted octanol–water partition coefficient (Wildman–Crippen LogP) is 3.41. The quantitative estimate of drug-likeness (QED) is 0.661. The summed E-state index contributed by atoms with van der Waals surface area (Å²) in [5.41, 5.74) is 3.57. The summed E-state index contributed by atoms with van der Waals surface area (Å²) in [6, 6.07) is 15.4. The number of amides is 2. The van der Waals surface area contributed by atoms with Crippen molar-refractivity contribution < 1.29 is 14.0 Å². The maximum atomic E-state index is 12.6. The van der Waals surface area contributed by atoms with Gasteiger partial charge < -0.3 is 14.6 Å². The molecule has 1 aromatic heterocycles. The van der Waals surface area contributed by atoms with E-state index >= 15 is 0 Å². The van der Waals surface area contributed by atoms with Gasteiger partial charge in [0.2, 0.25) is 11.8 Å². The molecule has 1 aliphatic heterocycles. The number of likely N-dealkylation sites (tertiary alicyclic amines) is 1. The average molecular weight is 421 g/mol. The van der Waals surface area contributed by atoms with Gasteiger partial charge in [0.25, 0.3) is 0 Å². The number of nitrogens with zero attached hydrogens (tertiary/aromatic N) is 3. The third kappa shape index (κ3) is 5.30. The summed E-state index contributed by atoms with van der Waals surface area (Å²) < 4.78 is 5.91. The summed E-state index contributed by atoms with van der Waals surface area (Å²) in [4.78, 5) is 33.1. The van der Waals surface area contributed by atoms with Crippen molar-refractivity contribution in [3.05, 3.63) is 60.0 Å². The first-order valence-electron chi connectivity index (χ1n) is 10.7. The molecule has 0 radical (unpaired) electrons. The smallest absolute Gasteiger partial charge is 0.243 e. The van der Waals surface area contributed by atoms with Crippen LogP contribution < -0.4 is 5.32 Å². The average Bonchev–Trinajstić information content (AvgIpc) is 3.20. The summed E-state index contributed by atoms with van der Waals surface area (Å²) in [5, 5.41) is 2.83. The molecule has 1 saturated heterocycles. The van der Waals surface area contributed by atoms with E-state index in [1.165, 1.54) is 4.90 Å². The monoisotopic (exact) mass is 420 g/mol. The summed E-state index contributed by atoms with van der Waals surface area (Å²) in [5.74, 6) is 0.808. The fourth-order valence-electron chi connectivity index (χ4n) is 3.86. The molecular weight excluding hydrogens is 392 g/mol. The zero-order chi connectivity index (χ0) is 21.8. The number of carbonyl (C=O) groups excluding carboxylic acids is 2. The molecule has 31 heavy (non-hydrogen) atoms. The standard InChI is InChI=1S/C24H28N4O3/c1-17-7-9-19(10-8-17)25-22(29)15-27(2)23(30)16-28-13-11-18(12-14-28)24-26-20-5-3-4-6-21(20)31-24/h3-10,18H,11-16H2,1-2H3,(H,25,29). The second-order valence-electron chi connectivity index (χ2n) is 8.23. The first-order chi connectivity index (χ1) is 15.0. The van der Waals surface area contributed by atoms with E-state index in [1.807, 2.05) is 55.5 Å². The Morgan fingerprint density at radius 3 is 2.55 bits per heavy atom. The van der Waals surface area contributed by atoms with Crippen molar-refractivity contribution in [1.29, 1.82) is 0 Å². The Kier molecular flexibility index (Phi) is 6.32. The number of aromatic nitrogens is 1. The highest BCUT2D eigenvalue weighted by Gasteiger charge is 2.26. The Morgan fingerprint density at radius 1 is 1.13 bits per heavy atom. The third-order valence-corrected chi connectivity index (χ3v) is 5.75. The highest BCUT2D eigenvalue weighted by molar-refractivity contribution is 5.94. The number of nitrogens with one attached hydrogen (secondary N) is 1. The molecule has 3 aromatic rings. The molecule has 0 spiro atoms. The Balaban J connectivity index is 1.23. The van der Waals surface area contributed by atoms with Gasteiger partial charge in [0, 0.05) is 18.7 Å². The Hall–Kier alpha value is -3.19. The molecule has 0 bridgehead atoms. The molecule has 1 fully saturated rings. The Labute approximate surface area is 182 Å². The molecule has 4 rings (SSSR count). The molecule has 1 N–H and O–H groups in total. The zero-order valence-electron chi connectivity index (χ0n) is 18.0. The number of fused-ring (bicyclic) bond motifs is 1. The van der Waals surface area contributed by atoms with Crippen molar-refractivity contribution in [2.75, 3.05) is 38.5 Å². The van der Waals surface area contributed by atoms with E-state index in [4.69, 9.17) is 4.42 Å². The van der Waals surface area contributed by atoms with Gasteiger partial charge in [-0.15, -0.1) is 0 Å². The lowest BCUT2D eigenvalue weighted by atomic mass is 9.97. The van der Waals surface area contributed by atoms with E-state index < -0.39 is 0 Å². The number of hydrogen-bond acceptors (Lipinski definition) is 5. The molecule has 7 heteroatoms. The lowest BCUT2D eigenvalue weighted by molar-refractivity contribution is -0.134. The molecule has 2 amide bonds. The molecule has 0 saturated carbocycles. The van der Waals surface area contributed by atoms with E-state index in [9.17, 15) is 9.59 Å². The summed E-state index contributed by atoms with van der Waals surface area (Å²) in [6.45, 7) is 3.95. The number of para-hydroxylation sites is 2. The van der Waals surface area contributed by atoms with Crippen LogP contribution in [0.4, 0.5) is 5.69 Å². The molecule has 2 heterocycles. The number of benzene rings is 2. The number of piperidine rings is 1.